The topological polar surface area (TPSA) is 98.9 Å². The minimum atomic E-state index is -1.14. The second kappa shape index (κ2) is 5.94. The molecule has 0 aliphatic carbocycles. The average Bonchev–Trinajstić information content (AvgIpc) is 2.24. The summed E-state index contributed by atoms with van der Waals surface area (Å²) < 4.78 is 0. The molecule has 1 saturated heterocycles. The van der Waals surface area contributed by atoms with Crippen LogP contribution in [0.15, 0.2) is 0 Å². The molecule has 7 nitrogen and oxygen atoms in total. The van der Waals surface area contributed by atoms with Gasteiger partial charge in [0.25, 0.3) is 0 Å². The molecule has 0 aromatic rings. The molecule has 0 aromatic carbocycles. The van der Waals surface area contributed by atoms with Crippen LogP contribution in [-0.4, -0.2) is 23.2 Å². The summed E-state index contributed by atoms with van der Waals surface area (Å²) in [6.45, 7) is 0. The Labute approximate surface area is 92.4 Å². The van der Waals surface area contributed by atoms with Crippen molar-refractivity contribution in [3.05, 3.63) is 0 Å². The van der Waals surface area contributed by atoms with Crippen molar-refractivity contribution >= 4 is 18.0 Å². The molecule has 0 spiro atoms. The van der Waals surface area contributed by atoms with Crippen LogP contribution in [0, 0.1) is 0 Å². The standard InChI is InChI=1S/C9H14N2O5/c10-9(14)11-15-7(12)5-3-1-2-4-6-8(13)16-11/h1-6H2,(H2,10,14). The van der Waals surface area contributed by atoms with Crippen LogP contribution in [0.25, 0.3) is 0 Å². The molecule has 1 aliphatic rings. The van der Waals surface area contributed by atoms with E-state index in [1.807, 2.05) is 0 Å². The van der Waals surface area contributed by atoms with Gasteiger partial charge in [-0.05, 0) is 12.8 Å². The van der Waals surface area contributed by atoms with Gasteiger partial charge in [-0.3, -0.25) is 0 Å². The third kappa shape index (κ3) is 4.16. The zero-order chi connectivity index (χ0) is 12.0. The van der Waals surface area contributed by atoms with E-state index in [4.69, 9.17) is 5.73 Å². The minimum Gasteiger partial charge on any atom is -0.346 e. The first kappa shape index (κ1) is 12.3. The predicted molar refractivity (Wildman–Crippen MR) is 51.3 cm³/mol. The lowest BCUT2D eigenvalue weighted by atomic mass is 10.1. The van der Waals surface area contributed by atoms with E-state index in [0.717, 1.165) is 12.8 Å². The van der Waals surface area contributed by atoms with Crippen molar-refractivity contribution in [1.29, 1.82) is 0 Å². The van der Waals surface area contributed by atoms with Gasteiger partial charge in [0.1, 0.15) is 0 Å². The zero-order valence-corrected chi connectivity index (χ0v) is 8.81. The van der Waals surface area contributed by atoms with Crippen molar-refractivity contribution in [3.63, 3.8) is 0 Å². The van der Waals surface area contributed by atoms with Crippen LogP contribution in [0.1, 0.15) is 38.5 Å². The molecule has 1 aliphatic heterocycles. The largest absolute Gasteiger partial charge is 0.386 e. The van der Waals surface area contributed by atoms with Crippen LogP contribution < -0.4 is 5.73 Å². The molecule has 7 heteroatoms. The lowest BCUT2D eigenvalue weighted by Gasteiger charge is -2.16. The molecule has 1 rings (SSSR count). The van der Waals surface area contributed by atoms with Crippen molar-refractivity contribution in [3.8, 4) is 0 Å². The van der Waals surface area contributed by atoms with Gasteiger partial charge in [-0.1, -0.05) is 12.8 Å². The molecule has 1 heterocycles. The summed E-state index contributed by atoms with van der Waals surface area (Å²) in [6.07, 6.45) is 3.31. The van der Waals surface area contributed by atoms with Gasteiger partial charge in [-0.2, -0.15) is 0 Å². The first-order chi connectivity index (χ1) is 7.59. The van der Waals surface area contributed by atoms with Gasteiger partial charge < -0.3 is 15.4 Å². The smallest absolute Gasteiger partial charge is 0.346 e. The Morgan fingerprint density at radius 1 is 1.00 bits per heavy atom. The Balaban J connectivity index is 2.62. The highest BCUT2D eigenvalue weighted by atomic mass is 17.0. The molecule has 2 N–H and O–H groups in total. The number of carbonyl (C=O) groups excluding carboxylic acids is 3. The van der Waals surface area contributed by atoms with Gasteiger partial charge in [0.15, 0.2) is 0 Å². The fraction of sp³-hybridized carbons (Fsp3) is 0.667. The highest BCUT2D eigenvalue weighted by Gasteiger charge is 2.21. The fourth-order valence-electron chi connectivity index (χ4n) is 1.28. The van der Waals surface area contributed by atoms with E-state index in [2.05, 4.69) is 9.68 Å². The number of hydrogen-bond donors (Lipinski definition) is 1. The fourth-order valence-corrected chi connectivity index (χ4v) is 1.28. The SMILES string of the molecule is NC(=O)N1OC(=O)CCCCCCC(=O)O1. The summed E-state index contributed by atoms with van der Waals surface area (Å²) in [5.74, 6) is -1.29. The highest BCUT2D eigenvalue weighted by Crippen LogP contribution is 2.10. The Hall–Kier alpha value is -1.79. The molecule has 90 valence electrons. The van der Waals surface area contributed by atoms with Crippen molar-refractivity contribution in [1.82, 2.24) is 5.23 Å². The molecule has 2 amide bonds. The Kier molecular flexibility index (Phi) is 4.56. The normalized spacial score (nSPS) is 19.4. The van der Waals surface area contributed by atoms with Gasteiger partial charge in [0.05, 0.1) is 0 Å². The van der Waals surface area contributed by atoms with Crippen molar-refractivity contribution < 1.29 is 24.1 Å². The van der Waals surface area contributed by atoms with Gasteiger partial charge in [-0.25, -0.2) is 14.4 Å². The molecule has 0 unspecified atom stereocenters. The van der Waals surface area contributed by atoms with E-state index in [9.17, 15) is 14.4 Å². The van der Waals surface area contributed by atoms with Crippen molar-refractivity contribution in [2.24, 2.45) is 5.73 Å². The highest BCUT2D eigenvalue weighted by molar-refractivity contribution is 5.77. The third-order valence-corrected chi connectivity index (χ3v) is 2.06. The molecule has 0 radical (unpaired) electrons. The summed E-state index contributed by atoms with van der Waals surface area (Å²) in [5, 5.41) is 0.135. The summed E-state index contributed by atoms with van der Waals surface area (Å²) in [6, 6.07) is -1.14. The summed E-state index contributed by atoms with van der Waals surface area (Å²) in [4.78, 5) is 42.1. The van der Waals surface area contributed by atoms with Crippen LogP contribution in [0.4, 0.5) is 4.79 Å². The maximum absolute atomic E-state index is 11.2. The maximum atomic E-state index is 11.2. The van der Waals surface area contributed by atoms with E-state index < -0.39 is 18.0 Å². The monoisotopic (exact) mass is 230 g/mol. The molecule has 0 aromatic heterocycles. The number of nitrogens with zero attached hydrogens (tertiary/aromatic N) is 1. The maximum Gasteiger partial charge on any atom is 0.386 e. The number of hydroxylamine groups is 2. The lowest BCUT2D eigenvalue weighted by Crippen LogP contribution is -2.39. The number of primary amides is 1. The van der Waals surface area contributed by atoms with E-state index in [1.165, 1.54) is 0 Å². The Morgan fingerprint density at radius 3 is 1.81 bits per heavy atom. The molecule has 0 bridgehead atoms. The number of hydrogen-bond acceptors (Lipinski definition) is 5. The number of rotatable bonds is 0. The summed E-state index contributed by atoms with van der Waals surface area (Å²) >= 11 is 0. The van der Waals surface area contributed by atoms with E-state index in [0.29, 0.717) is 12.8 Å². The van der Waals surface area contributed by atoms with Crippen LogP contribution in [0.5, 0.6) is 0 Å². The molecular formula is C9H14N2O5. The van der Waals surface area contributed by atoms with Crippen molar-refractivity contribution in [2.75, 3.05) is 0 Å². The number of carbonyl (C=O) groups is 3. The predicted octanol–water partition coefficient (Wildman–Crippen LogP) is 0.638. The van der Waals surface area contributed by atoms with E-state index in [-0.39, 0.29) is 18.1 Å². The van der Waals surface area contributed by atoms with Crippen LogP contribution in [0.3, 0.4) is 0 Å². The number of amides is 2. The lowest BCUT2D eigenvalue weighted by molar-refractivity contribution is -0.289. The third-order valence-electron chi connectivity index (χ3n) is 2.06. The van der Waals surface area contributed by atoms with E-state index in [1.54, 1.807) is 0 Å². The number of urea groups is 1. The summed E-state index contributed by atoms with van der Waals surface area (Å²) in [7, 11) is 0. The second-order valence-corrected chi connectivity index (χ2v) is 3.44. The van der Waals surface area contributed by atoms with Gasteiger partial charge in [0, 0.05) is 18.1 Å². The molecule has 0 atom stereocenters. The molecule has 16 heavy (non-hydrogen) atoms. The van der Waals surface area contributed by atoms with Crippen LogP contribution in [0.2, 0.25) is 0 Å². The van der Waals surface area contributed by atoms with E-state index >= 15 is 0 Å². The van der Waals surface area contributed by atoms with Gasteiger partial charge in [0.2, 0.25) is 0 Å². The minimum absolute atomic E-state index is 0.135. The zero-order valence-electron chi connectivity index (χ0n) is 8.81. The van der Waals surface area contributed by atoms with Crippen molar-refractivity contribution in [2.45, 2.75) is 38.5 Å². The Bertz CT molecular complexity index is 270. The second-order valence-electron chi connectivity index (χ2n) is 3.44. The molecule has 0 saturated carbocycles. The van der Waals surface area contributed by atoms with Gasteiger partial charge in [-0.15, -0.1) is 0 Å². The number of nitrogens with two attached hydrogens (primary N) is 1. The average molecular weight is 230 g/mol. The molecular weight excluding hydrogens is 216 g/mol. The first-order valence-corrected chi connectivity index (χ1v) is 5.11. The van der Waals surface area contributed by atoms with Crippen LogP contribution >= 0.6 is 0 Å². The quantitative estimate of drug-likeness (QED) is 0.658. The van der Waals surface area contributed by atoms with Crippen LogP contribution in [-0.2, 0) is 19.3 Å². The first-order valence-electron chi connectivity index (χ1n) is 5.11. The summed E-state index contributed by atoms with van der Waals surface area (Å²) in [5.41, 5.74) is 4.87. The molecule has 1 fully saturated rings. The van der Waals surface area contributed by atoms with Gasteiger partial charge >= 0.3 is 18.0 Å². The Morgan fingerprint density at radius 2 is 1.44 bits per heavy atom.